The molecule has 0 saturated heterocycles. The summed E-state index contributed by atoms with van der Waals surface area (Å²) in [6, 6.07) is 1.41. The van der Waals surface area contributed by atoms with E-state index in [1.807, 2.05) is 13.8 Å². The van der Waals surface area contributed by atoms with Crippen LogP contribution >= 0.6 is 11.3 Å². The Kier molecular flexibility index (Phi) is 6.51. The minimum atomic E-state index is -0.789. The minimum Gasteiger partial charge on any atom is -0.462 e. The fourth-order valence-electron chi connectivity index (χ4n) is 2.26. The van der Waals surface area contributed by atoms with E-state index in [9.17, 15) is 14.4 Å². The second-order valence-corrected chi connectivity index (χ2v) is 6.49. The van der Waals surface area contributed by atoms with Gasteiger partial charge in [-0.25, -0.2) is 9.59 Å². The molecule has 26 heavy (non-hydrogen) atoms. The van der Waals surface area contributed by atoms with Gasteiger partial charge in [0.25, 0.3) is 5.91 Å². The molecule has 0 unspecified atom stereocenters. The first-order valence-corrected chi connectivity index (χ1v) is 8.88. The Morgan fingerprint density at radius 3 is 2.50 bits per heavy atom. The predicted molar refractivity (Wildman–Crippen MR) is 94.5 cm³/mol. The zero-order chi connectivity index (χ0) is 19.3. The summed E-state index contributed by atoms with van der Waals surface area (Å²) in [5.41, 5.74) is 1.64. The van der Waals surface area contributed by atoms with Crippen molar-refractivity contribution in [3.63, 3.8) is 0 Å². The molecule has 2 aromatic heterocycles. The third-order valence-electron chi connectivity index (χ3n) is 3.46. The summed E-state index contributed by atoms with van der Waals surface area (Å²) in [6.07, 6.45) is 0.721. The number of hydrogen-bond acceptors (Lipinski definition) is 8. The molecule has 0 aromatic carbocycles. The molecule has 8 nitrogen and oxygen atoms in total. The van der Waals surface area contributed by atoms with Crippen LogP contribution in [0.15, 0.2) is 10.6 Å². The zero-order valence-corrected chi connectivity index (χ0v) is 15.8. The molecule has 9 heteroatoms. The highest BCUT2D eigenvalue weighted by molar-refractivity contribution is 7.17. The van der Waals surface area contributed by atoms with Crippen molar-refractivity contribution in [2.45, 2.75) is 34.1 Å². The molecule has 0 spiro atoms. The topological polar surface area (TPSA) is 108 Å². The van der Waals surface area contributed by atoms with E-state index in [1.165, 1.54) is 17.4 Å². The van der Waals surface area contributed by atoms with Crippen molar-refractivity contribution in [1.29, 1.82) is 0 Å². The smallest absolute Gasteiger partial charge is 0.377 e. The standard InChI is InChI=1S/C17H20N2O6S/c1-5-12-10(4)14(17(22)23-6-2)15(26-12)18-13(20)8-24-16(21)11-7-9(3)19-25-11/h7H,5-6,8H2,1-4H3,(H,18,20). The Morgan fingerprint density at radius 1 is 1.19 bits per heavy atom. The highest BCUT2D eigenvalue weighted by Crippen LogP contribution is 2.34. The molecular formula is C17H20N2O6S. The van der Waals surface area contributed by atoms with E-state index < -0.39 is 24.5 Å². The van der Waals surface area contributed by atoms with Crippen molar-refractivity contribution in [2.75, 3.05) is 18.5 Å². The van der Waals surface area contributed by atoms with Gasteiger partial charge in [0.2, 0.25) is 5.76 Å². The molecule has 0 aliphatic heterocycles. The number of carbonyl (C=O) groups is 3. The van der Waals surface area contributed by atoms with E-state index in [0.29, 0.717) is 16.3 Å². The number of esters is 2. The maximum absolute atomic E-state index is 12.2. The largest absolute Gasteiger partial charge is 0.462 e. The van der Waals surface area contributed by atoms with Gasteiger partial charge in [-0.2, -0.15) is 0 Å². The third-order valence-corrected chi connectivity index (χ3v) is 4.81. The molecule has 1 N–H and O–H groups in total. The molecular weight excluding hydrogens is 360 g/mol. The Bertz CT molecular complexity index is 823. The molecule has 2 aromatic rings. The van der Waals surface area contributed by atoms with Gasteiger partial charge >= 0.3 is 11.9 Å². The van der Waals surface area contributed by atoms with E-state index in [1.54, 1.807) is 13.8 Å². The lowest BCUT2D eigenvalue weighted by Crippen LogP contribution is -2.21. The molecule has 0 radical (unpaired) electrons. The predicted octanol–water partition coefficient (Wildman–Crippen LogP) is 2.89. The van der Waals surface area contributed by atoms with Crippen molar-refractivity contribution in [2.24, 2.45) is 0 Å². The Morgan fingerprint density at radius 2 is 1.92 bits per heavy atom. The molecule has 0 atom stereocenters. The van der Waals surface area contributed by atoms with Gasteiger partial charge in [0.05, 0.1) is 17.9 Å². The van der Waals surface area contributed by atoms with Crippen molar-refractivity contribution < 1.29 is 28.4 Å². The van der Waals surface area contributed by atoms with E-state index in [4.69, 9.17) is 14.0 Å². The van der Waals surface area contributed by atoms with E-state index in [0.717, 1.165) is 16.9 Å². The lowest BCUT2D eigenvalue weighted by atomic mass is 10.1. The van der Waals surface area contributed by atoms with Crippen LogP contribution in [0, 0.1) is 13.8 Å². The minimum absolute atomic E-state index is 0.0808. The summed E-state index contributed by atoms with van der Waals surface area (Å²) in [5, 5.41) is 6.57. The normalized spacial score (nSPS) is 10.5. The van der Waals surface area contributed by atoms with Crippen LogP contribution in [0.5, 0.6) is 0 Å². The molecule has 0 saturated carbocycles. The monoisotopic (exact) mass is 380 g/mol. The highest BCUT2D eigenvalue weighted by Gasteiger charge is 2.23. The van der Waals surface area contributed by atoms with E-state index >= 15 is 0 Å². The summed E-state index contributed by atoms with van der Waals surface area (Å²) in [6.45, 7) is 6.86. The van der Waals surface area contributed by atoms with Crippen LogP contribution in [0.4, 0.5) is 5.00 Å². The molecule has 2 rings (SSSR count). The Labute approximate surface area is 154 Å². The summed E-state index contributed by atoms with van der Waals surface area (Å²) in [5.74, 6) is -1.93. The van der Waals surface area contributed by atoms with Gasteiger partial charge in [0.1, 0.15) is 5.00 Å². The molecule has 140 valence electrons. The van der Waals surface area contributed by atoms with Gasteiger partial charge in [-0.05, 0) is 32.8 Å². The number of anilines is 1. The van der Waals surface area contributed by atoms with Crippen LogP contribution in [0.3, 0.4) is 0 Å². The number of ether oxygens (including phenoxy) is 2. The van der Waals surface area contributed by atoms with Crippen LogP contribution in [0.2, 0.25) is 0 Å². The van der Waals surface area contributed by atoms with E-state index in [-0.39, 0.29) is 12.4 Å². The van der Waals surface area contributed by atoms with Crippen molar-refractivity contribution in [3.05, 3.63) is 33.5 Å². The van der Waals surface area contributed by atoms with Gasteiger partial charge in [-0.15, -0.1) is 11.3 Å². The summed E-state index contributed by atoms with van der Waals surface area (Å²) >= 11 is 1.30. The number of hydrogen-bond donors (Lipinski definition) is 1. The fourth-order valence-corrected chi connectivity index (χ4v) is 3.41. The Hall–Kier alpha value is -2.68. The van der Waals surface area contributed by atoms with Crippen molar-refractivity contribution in [1.82, 2.24) is 5.16 Å². The van der Waals surface area contributed by atoms with Crippen molar-refractivity contribution in [3.8, 4) is 0 Å². The third kappa shape index (κ3) is 4.48. The lowest BCUT2D eigenvalue weighted by molar-refractivity contribution is -0.119. The van der Waals surface area contributed by atoms with Crippen LogP contribution in [-0.4, -0.2) is 36.2 Å². The molecule has 1 amide bonds. The van der Waals surface area contributed by atoms with Gasteiger partial charge in [-0.3, -0.25) is 4.79 Å². The van der Waals surface area contributed by atoms with Crippen LogP contribution in [0.1, 0.15) is 50.9 Å². The number of nitrogens with one attached hydrogen (secondary N) is 1. The summed E-state index contributed by atoms with van der Waals surface area (Å²) in [4.78, 5) is 37.0. The fraction of sp³-hybridized carbons (Fsp3) is 0.412. The van der Waals surface area contributed by atoms with Crippen LogP contribution in [0.25, 0.3) is 0 Å². The number of aromatic nitrogens is 1. The number of rotatable bonds is 7. The maximum atomic E-state index is 12.2. The van der Waals surface area contributed by atoms with E-state index in [2.05, 4.69) is 10.5 Å². The van der Waals surface area contributed by atoms with Gasteiger partial charge in [0, 0.05) is 10.9 Å². The summed E-state index contributed by atoms with van der Waals surface area (Å²) < 4.78 is 14.7. The van der Waals surface area contributed by atoms with Gasteiger partial charge < -0.3 is 19.3 Å². The van der Waals surface area contributed by atoms with Crippen LogP contribution in [-0.2, 0) is 20.7 Å². The first-order chi connectivity index (χ1) is 12.4. The molecule has 0 aliphatic carbocycles. The maximum Gasteiger partial charge on any atom is 0.377 e. The second-order valence-electron chi connectivity index (χ2n) is 5.39. The second kappa shape index (κ2) is 8.61. The lowest BCUT2D eigenvalue weighted by Gasteiger charge is -2.07. The number of thiophene rings is 1. The summed E-state index contributed by atoms with van der Waals surface area (Å²) in [7, 11) is 0. The van der Waals surface area contributed by atoms with Crippen LogP contribution < -0.4 is 5.32 Å². The van der Waals surface area contributed by atoms with Gasteiger partial charge in [-0.1, -0.05) is 12.1 Å². The molecule has 0 aliphatic rings. The first-order valence-electron chi connectivity index (χ1n) is 8.07. The quantitative estimate of drug-likeness (QED) is 0.736. The first kappa shape index (κ1) is 19.6. The number of nitrogens with zero attached hydrogens (tertiary/aromatic N) is 1. The molecule has 2 heterocycles. The molecule has 0 bridgehead atoms. The number of amides is 1. The average molecular weight is 380 g/mol. The van der Waals surface area contributed by atoms with Crippen molar-refractivity contribution >= 4 is 34.2 Å². The van der Waals surface area contributed by atoms with Gasteiger partial charge in [0.15, 0.2) is 6.61 Å². The number of carbonyl (C=O) groups excluding carboxylic acids is 3. The number of aryl methyl sites for hydroxylation is 2. The SMILES string of the molecule is CCOC(=O)c1c(NC(=O)COC(=O)c2cc(C)no2)sc(CC)c1C. The zero-order valence-electron chi connectivity index (χ0n) is 15.0. The Balaban J connectivity index is 2.06. The molecule has 0 fully saturated rings. The highest BCUT2D eigenvalue weighted by atomic mass is 32.1. The average Bonchev–Trinajstić information content (AvgIpc) is 3.16.